The molecule has 0 aromatic rings. The normalized spacial score (nSPS) is 34.8. The molecule has 0 bridgehead atoms. The monoisotopic (exact) mass is 273 g/mol. The maximum atomic E-state index is 5.56. The van der Waals surface area contributed by atoms with Crippen LogP contribution in [0.4, 0.5) is 0 Å². The van der Waals surface area contributed by atoms with E-state index in [1.807, 2.05) is 18.7 Å². The summed E-state index contributed by atoms with van der Waals surface area (Å²) in [5, 5.41) is 0. The molecule has 13 heavy (non-hydrogen) atoms. The summed E-state index contributed by atoms with van der Waals surface area (Å²) in [6.45, 7) is 0. The number of rotatable bonds is 1. The fourth-order valence-corrected chi connectivity index (χ4v) is 11.7. The van der Waals surface area contributed by atoms with Crippen LogP contribution in [0.2, 0.25) is 0 Å². The highest BCUT2D eigenvalue weighted by Gasteiger charge is 2.17. The molecule has 0 aromatic heterocycles. The van der Waals surface area contributed by atoms with Crippen molar-refractivity contribution in [1.29, 1.82) is 0 Å². The molecule has 0 amide bonds. The van der Waals surface area contributed by atoms with Gasteiger partial charge < -0.3 is 20.6 Å². The molecule has 0 spiro atoms. The van der Waals surface area contributed by atoms with Gasteiger partial charge in [-0.2, -0.15) is 0 Å². The summed E-state index contributed by atoms with van der Waals surface area (Å²) in [6.07, 6.45) is 0. The van der Waals surface area contributed by atoms with E-state index in [4.69, 9.17) is 20.6 Å². The van der Waals surface area contributed by atoms with E-state index in [0.29, 0.717) is 0 Å². The van der Waals surface area contributed by atoms with E-state index >= 15 is 0 Å². The lowest BCUT2D eigenvalue weighted by Crippen LogP contribution is -2.43. The van der Waals surface area contributed by atoms with Gasteiger partial charge in [0, 0.05) is 0 Å². The Bertz CT molecular complexity index is 128. The molecule has 1 heterocycles. The summed E-state index contributed by atoms with van der Waals surface area (Å²) in [7, 11) is -0.979. The molecule has 0 aromatic carbocycles. The van der Waals surface area contributed by atoms with Gasteiger partial charge in [-0.1, -0.05) is 0 Å². The second kappa shape index (κ2) is 7.18. The van der Waals surface area contributed by atoms with Crippen LogP contribution in [0, 0.1) is 0 Å². The van der Waals surface area contributed by atoms with Crippen molar-refractivity contribution in [2.24, 2.45) is 0 Å². The van der Waals surface area contributed by atoms with Gasteiger partial charge in [-0.25, -0.2) is 0 Å². The van der Waals surface area contributed by atoms with Gasteiger partial charge in [0.25, 0.3) is 40.0 Å². The first-order valence-corrected chi connectivity index (χ1v) is 10.0. The van der Waals surface area contributed by atoms with Crippen LogP contribution in [-0.2, 0) is 20.6 Å². The standard InChI is InChI=1S/C2H15NO5Si5/c1-3(2)13-7-11-5-9-4-10-6-12-8-13/h13H,9-12H2,1-2H3. The summed E-state index contributed by atoms with van der Waals surface area (Å²) in [5.41, 5.74) is 0. The summed E-state index contributed by atoms with van der Waals surface area (Å²) in [5.74, 6) is 0. The predicted molar refractivity (Wildman–Crippen MR) is 60.4 cm³/mol. The van der Waals surface area contributed by atoms with Crippen molar-refractivity contribution in [3.05, 3.63) is 0 Å². The molecule has 1 aliphatic heterocycles. The van der Waals surface area contributed by atoms with Crippen LogP contribution in [0.25, 0.3) is 0 Å². The topological polar surface area (TPSA) is 49.4 Å². The average molecular weight is 274 g/mol. The third kappa shape index (κ3) is 5.32. The van der Waals surface area contributed by atoms with Crippen LogP contribution in [0.1, 0.15) is 0 Å². The minimum atomic E-state index is -1.63. The van der Waals surface area contributed by atoms with E-state index in [9.17, 15) is 0 Å². The molecule has 6 nitrogen and oxygen atoms in total. The van der Waals surface area contributed by atoms with Gasteiger partial charge in [0.05, 0.1) is 0 Å². The molecular weight excluding hydrogens is 258 g/mol. The summed E-state index contributed by atoms with van der Waals surface area (Å²) >= 11 is 0. The molecule has 0 unspecified atom stereocenters. The molecule has 1 rings (SSSR count). The lowest BCUT2D eigenvalue weighted by Gasteiger charge is -2.23. The van der Waals surface area contributed by atoms with E-state index in [-0.39, 0.29) is 0 Å². The lowest BCUT2D eigenvalue weighted by atomic mass is 11.3. The quantitative estimate of drug-likeness (QED) is 0.448. The maximum absolute atomic E-state index is 5.56. The van der Waals surface area contributed by atoms with Gasteiger partial charge in [-0.15, -0.1) is 0 Å². The Morgan fingerprint density at radius 1 is 0.846 bits per heavy atom. The largest absolute Gasteiger partial charge is 0.425 e. The van der Waals surface area contributed by atoms with Gasteiger partial charge in [0.1, 0.15) is 0 Å². The summed E-state index contributed by atoms with van der Waals surface area (Å²) in [6, 6.07) is 0. The molecule has 0 radical (unpaired) electrons. The first kappa shape index (κ1) is 11.9. The first-order chi connectivity index (χ1) is 6.30. The lowest BCUT2D eigenvalue weighted by molar-refractivity contribution is 0.293. The van der Waals surface area contributed by atoms with E-state index in [2.05, 4.69) is 0 Å². The Hall–Kier alpha value is 0.844. The second-order valence-corrected chi connectivity index (χ2v) is 12.8. The fraction of sp³-hybridized carbons (Fsp3) is 1.00. The molecule has 0 N–H and O–H groups in total. The fourth-order valence-electron chi connectivity index (χ4n) is 0.779. The van der Waals surface area contributed by atoms with Gasteiger partial charge >= 0.3 is 9.45 Å². The highest BCUT2D eigenvalue weighted by atomic mass is 28.4. The van der Waals surface area contributed by atoms with Crippen LogP contribution in [0.3, 0.4) is 0 Å². The van der Waals surface area contributed by atoms with Crippen molar-refractivity contribution >= 4 is 49.5 Å². The van der Waals surface area contributed by atoms with Crippen LogP contribution < -0.4 is 0 Å². The molecule has 0 atom stereocenters. The zero-order valence-electron chi connectivity index (χ0n) is 7.89. The average Bonchev–Trinajstić information content (AvgIpc) is 2.14. The highest BCUT2D eigenvalue weighted by molar-refractivity contribution is 6.57. The molecular formula is C2H15NO5Si5. The third-order valence-corrected chi connectivity index (χ3v) is 9.56. The van der Waals surface area contributed by atoms with Crippen LogP contribution >= 0.6 is 0 Å². The molecule has 1 aliphatic rings. The van der Waals surface area contributed by atoms with Gasteiger partial charge in [0.15, 0.2) is 0 Å². The minimum Gasteiger partial charge on any atom is -0.425 e. The van der Waals surface area contributed by atoms with Gasteiger partial charge in [-0.3, -0.25) is 4.57 Å². The van der Waals surface area contributed by atoms with E-state index < -0.39 is 49.5 Å². The van der Waals surface area contributed by atoms with Crippen molar-refractivity contribution in [1.82, 2.24) is 4.57 Å². The van der Waals surface area contributed by atoms with Crippen LogP contribution in [0.15, 0.2) is 0 Å². The minimum absolute atomic E-state index is 0.790. The number of nitrogens with zero attached hydrogens (tertiary/aromatic N) is 1. The van der Waals surface area contributed by atoms with Crippen molar-refractivity contribution < 1.29 is 20.6 Å². The Morgan fingerprint density at radius 2 is 1.31 bits per heavy atom. The second-order valence-electron chi connectivity index (χ2n) is 2.69. The van der Waals surface area contributed by atoms with Crippen LogP contribution in [0.5, 0.6) is 0 Å². The molecule has 11 heteroatoms. The Morgan fingerprint density at radius 3 is 1.77 bits per heavy atom. The molecule has 1 saturated heterocycles. The van der Waals surface area contributed by atoms with Crippen molar-refractivity contribution in [2.75, 3.05) is 14.1 Å². The molecule has 0 saturated carbocycles. The van der Waals surface area contributed by atoms with E-state index in [0.717, 1.165) is 0 Å². The van der Waals surface area contributed by atoms with E-state index in [1.54, 1.807) is 0 Å². The molecule has 78 valence electrons. The van der Waals surface area contributed by atoms with Gasteiger partial charge in [0.2, 0.25) is 0 Å². The Balaban J connectivity index is 2.26. The SMILES string of the molecule is CN(C)[SiH]1O[SiH2]O[SiH2]O[SiH2]O[SiH2]O1. The Labute approximate surface area is 89.0 Å². The first-order valence-electron chi connectivity index (χ1n) is 3.93. The zero-order valence-corrected chi connectivity index (χ0v) is 14.7. The number of hydrogen-bond acceptors (Lipinski definition) is 6. The highest BCUT2D eigenvalue weighted by Crippen LogP contribution is 1.93. The predicted octanol–water partition coefficient (Wildman–Crippen LogP) is -4.64. The third-order valence-electron chi connectivity index (χ3n) is 1.34. The van der Waals surface area contributed by atoms with Crippen molar-refractivity contribution in [2.45, 2.75) is 0 Å². The maximum Gasteiger partial charge on any atom is 0.392 e. The zero-order chi connectivity index (χ0) is 9.52. The number of hydrogen-bond donors (Lipinski definition) is 0. The summed E-state index contributed by atoms with van der Waals surface area (Å²) in [4.78, 5) is 0. The van der Waals surface area contributed by atoms with Crippen LogP contribution in [-0.4, -0.2) is 68.1 Å². The Kier molecular flexibility index (Phi) is 6.58. The van der Waals surface area contributed by atoms with Crippen molar-refractivity contribution in [3.63, 3.8) is 0 Å². The molecule has 1 fully saturated rings. The van der Waals surface area contributed by atoms with Crippen molar-refractivity contribution in [3.8, 4) is 0 Å². The molecule has 0 aliphatic carbocycles. The van der Waals surface area contributed by atoms with Gasteiger partial charge in [-0.05, 0) is 14.1 Å². The smallest absolute Gasteiger partial charge is 0.392 e. The summed E-state index contributed by atoms with van der Waals surface area (Å²) < 4.78 is 29.0. The van der Waals surface area contributed by atoms with E-state index in [1.165, 1.54) is 0 Å².